The van der Waals surface area contributed by atoms with Gasteiger partial charge in [-0.15, -0.1) is 0 Å². The number of halogens is 2. The number of ketones is 2. The Morgan fingerprint density at radius 3 is 2.47 bits per heavy atom. The molecule has 0 radical (unpaired) electrons. The number of Topliss-reactive ketones (excluding diaryl/α,β-unsaturated/α-hetero) is 1. The maximum absolute atomic E-state index is 17.6. The summed E-state index contributed by atoms with van der Waals surface area (Å²) >= 11 is 0.771. The Morgan fingerprint density at radius 2 is 1.81 bits per heavy atom. The van der Waals surface area contributed by atoms with Crippen molar-refractivity contribution in [3.8, 4) is 0 Å². The van der Waals surface area contributed by atoms with E-state index < -0.39 is 69.0 Å². The molecule has 9 heteroatoms. The van der Waals surface area contributed by atoms with E-state index in [0.717, 1.165) is 29.0 Å². The summed E-state index contributed by atoms with van der Waals surface area (Å²) in [6.07, 6.45) is 0.237. The van der Waals surface area contributed by atoms with Gasteiger partial charge in [0.05, 0.1) is 11.9 Å². The average molecular weight is 615 g/mol. The summed E-state index contributed by atoms with van der Waals surface area (Å²) in [7, 11) is 0. The molecule has 0 heterocycles. The van der Waals surface area contributed by atoms with Crippen molar-refractivity contribution in [1.82, 2.24) is 0 Å². The molecule has 4 aliphatic rings. The minimum atomic E-state index is -2.32. The van der Waals surface area contributed by atoms with Gasteiger partial charge in [0, 0.05) is 34.7 Å². The van der Waals surface area contributed by atoms with Crippen LogP contribution in [0.15, 0.2) is 42.0 Å². The fourth-order valence-corrected chi connectivity index (χ4v) is 9.83. The number of ether oxygens (including phenoxy) is 1. The van der Waals surface area contributed by atoms with Crippen molar-refractivity contribution in [1.29, 1.82) is 0 Å². The zero-order chi connectivity index (χ0) is 31.7. The Labute approximate surface area is 255 Å². The van der Waals surface area contributed by atoms with Crippen molar-refractivity contribution < 1.29 is 37.8 Å². The molecule has 0 unspecified atom stereocenters. The molecule has 232 valence electrons. The number of aryl methyl sites for hydroxylation is 2. The van der Waals surface area contributed by atoms with Crippen LogP contribution >= 0.6 is 11.8 Å². The fourth-order valence-electron chi connectivity index (χ4n) is 8.71. The highest BCUT2D eigenvalue weighted by atomic mass is 32.2. The van der Waals surface area contributed by atoms with E-state index in [1.165, 1.54) is 19.1 Å². The molecule has 0 aliphatic heterocycles. The van der Waals surface area contributed by atoms with Crippen LogP contribution in [0, 0.1) is 42.4 Å². The van der Waals surface area contributed by atoms with Gasteiger partial charge in [0.2, 0.25) is 5.12 Å². The summed E-state index contributed by atoms with van der Waals surface area (Å²) in [6.45, 7) is 10.5. The van der Waals surface area contributed by atoms with Gasteiger partial charge in [-0.25, -0.2) is 8.78 Å². The van der Waals surface area contributed by atoms with E-state index in [1.54, 1.807) is 32.9 Å². The standard InChI is InChI=1S/C34H40F2O6S/c1-7-29(40)42-34(30(41)43-17-27(38)21-9-8-18(2)19(3)12-21)20(4)13-23-24-15-26(35)25-14-22(37)10-11-31(25,5)33(24,36)28(39)16-32(23,34)6/h8-12,14,20,23-24,26,28,39H,7,13,15-17H2,1-6H3/t20-,23+,24+,26+,28+,31+,32+,33+,34+/m1/s1. The summed E-state index contributed by atoms with van der Waals surface area (Å²) in [4.78, 5) is 52.5. The molecule has 0 spiro atoms. The maximum Gasteiger partial charge on any atom is 0.306 e. The molecule has 6 nitrogen and oxygen atoms in total. The lowest BCUT2D eigenvalue weighted by Gasteiger charge is -2.63. The molecule has 0 aromatic heterocycles. The van der Waals surface area contributed by atoms with Crippen molar-refractivity contribution >= 4 is 34.4 Å². The van der Waals surface area contributed by atoms with Crippen LogP contribution in [0.5, 0.6) is 0 Å². The zero-order valence-electron chi connectivity index (χ0n) is 25.5. The summed E-state index contributed by atoms with van der Waals surface area (Å²) in [6, 6.07) is 5.33. The van der Waals surface area contributed by atoms with Gasteiger partial charge in [0.1, 0.15) is 6.17 Å². The summed E-state index contributed by atoms with van der Waals surface area (Å²) < 4.78 is 39.5. The third-order valence-corrected chi connectivity index (χ3v) is 12.2. The average Bonchev–Trinajstić information content (AvgIpc) is 3.17. The lowest BCUT2D eigenvalue weighted by atomic mass is 9.44. The first-order valence-electron chi connectivity index (χ1n) is 15.0. The Kier molecular flexibility index (Phi) is 7.95. The van der Waals surface area contributed by atoms with E-state index >= 15 is 8.78 Å². The highest BCUT2D eigenvalue weighted by molar-refractivity contribution is 8.14. The van der Waals surface area contributed by atoms with Crippen molar-refractivity contribution in [2.75, 3.05) is 5.75 Å². The largest absolute Gasteiger partial charge is 0.449 e. The first-order chi connectivity index (χ1) is 20.1. The first kappa shape index (κ1) is 31.8. The van der Waals surface area contributed by atoms with Gasteiger partial charge in [0.25, 0.3) is 0 Å². The molecule has 0 amide bonds. The Hall–Kier alpha value is -2.65. The van der Waals surface area contributed by atoms with E-state index in [1.807, 2.05) is 19.9 Å². The summed E-state index contributed by atoms with van der Waals surface area (Å²) in [5.74, 6) is -3.71. The zero-order valence-corrected chi connectivity index (χ0v) is 26.4. The van der Waals surface area contributed by atoms with E-state index in [-0.39, 0.29) is 42.8 Å². The molecule has 3 saturated carbocycles. The molecule has 0 bridgehead atoms. The lowest BCUT2D eigenvalue weighted by Crippen LogP contribution is -2.70. The van der Waals surface area contributed by atoms with Gasteiger partial charge < -0.3 is 9.84 Å². The number of carbonyl (C=O) groups is 4. The number of rotatable bonds is 6. The minimum absolute atomic E-state index is 0.00856. The number of aliphatic hydroxyl groups excluding tert-OH is 1. The molecule has 4 aliphatic carbocycles. The molecule has 3 fully saturated rings. The van der Waals surface area contributed by atoms with Crippen LogP contribution in [0.2, 0.25) is 0 Å². The summed E-state index contributed by atoms with van der Waals surface area (Å²) in [5, 5.41) is 11.2. The van der Waals surface area contributed by atoms with Crippen LogP contribution in [0.1, 0.15) is 74.9 Å². The lowest BCUT2D eigenvalue weighted by molar-refractivity contribution is -0.228. The van der Waals surface area contributed by atoms with Crippen LogP contribution in [-0.4, -0.2) is 57.1 Å². The van der Waals surface area contributed by atoms with Gasteiger partial charge in [-0.2, -0.15) is 0 Å². The van der Waals surface area contributed by atoms with Crippen molar-refractivity contribution in [2.45, 2.75) is 90.8 Å². The quantitative estimate of drug-likeness (QED) is 0.310. The van der Waals surface area contributed by atoms with Crippen LogP contribution in [0.25, 0.3) is 0 Å². The number of aliphatic hydroxyl groups is 1. The predicted octanol–water partition coefficient (Wildman–Crippen LogP) is 6.00. The molecular formula is C34H40F2O6S. The molecule has 43 heavy (non-hydrogen) atoms. The number of fused-ring (bicyclic) bond motifs is 5. The number of alkyl halides is 2. The van der Waals surface area contributed by atoms with Gasteiger partial charge in [-0.1, -0.05) is 50.7 Å². The highest BCUT2D eigenvalue weighted by Crippen LogP contribution is 2.72. The highest BCUT2D eigenvalue weighted by Gasteiger charge is 2.78. The SMILES string of the molecule is CCC(=O)O[C@]1(C(=O)SCC(=O)c2ccc(C)c(C)c2)[C@H](C)C[C@H]2[C@@H]3C[C@H](F)C4=CC(=O)C=C[C@]4(C)[C@@]3(F)[C@@H](O)C[C@@]21C. The Balaban J connectivity index is 1.53. The van der Waals surface area contributed by atoms with E-state index in [9.17, 15) is 24.3 Å². The molecule has 1 N–H and O–H groups in total. The second-order valence-corrected chi connectivity index (χ2v) is 14.3. The van der Waals surface area contributed by atoms with Crippen molar-refractivity contribution in [3.63, 3.8) is 0 Å². The number of hydrogen-bond acceptors (Lipinski definition) is 7. The second kappa shape index (κ2) is 10.8. The minimum Gasteiger partial charge on any atom is -0.449 e. The smallest absolute Gasteiger partial charge is 0.306 e. The van der Waals surface area contributed by atoms with Gasteiger partial charge in [0.15, 0.2) is 22.8 Å². The number of carbonyl (C=O) groups excluding carboxylic acids is 4. The fraction of sp³-hybridized carbons (Fsp3) is 0.588. The number of allylic oxidation sites excluding steroid dienone is 4. The van der Waals surface area contributed by atoms with Gasteiger partial charge in [-0.3, -0.25) is 19.2 Å². The van der Waals surface area contributed by atoms with Crippen molar-refractivity contribution in [3.05, 3.63) is 58.7 Å². The normalized spacial score (nSPS) is 39.8. The van der Waals surface area contributed by atoms with Crippen LogP contribution in [-0.2, 0) is 19.1 Å². The molecule has 1 aromatic carbocycles. The number of benzene rings is 1. The predicted molar refractivity (Wildman–Crippen MR) is 160 cm³/mol. The topological polar surface area (TPSA) is 97.7 Å². The third-order valence-electron chi connectivity index (χ3n) is 11.2. The number of thioether (sulfide) groups is 1. The molecule has 9 atom stereocenters. The van der Waals surface area contributed by atoms with E-state index in [2.05, 4.69) is 0 Å². The summed E-state index contributed by atoms with van der Waals surface area (Å²) in [5.41, 5.74) is -4.41. The molecule has 0 saturated heterocycles. The van der Waals surface area contributed by atoms with Crippen LogP contribution in [0.4, 0.5) is 8.78 Å². The maximum atomic E-state index is 17.6. The van der Waals surface area contributed by atoms with Gasteiger partial charge >= 0.3 is 5.97 Å². The Bertz CT molecular complexity index is 1450. The monoisotopic (exact) mass is 614 g/mol. The molecule has 1 aromatic rings. The Morgan fingerprint density at radius 1 is 1.12 bits per heavy atom. The van der Waals surface area contributed by atoms with Gasteiger partial charge in [-0.05, 0) is 80.9 Å². The number of esters is 1. The third kappa shape index (κ3) is 4.43. The van der Waals surface area contributed by atoms with Crippen molar-refractivity contribution in [2.24, 2.45) is 28.6 Å². The number of hydrogen-bond donors (Lipinski definition) is 1. The van der Waals surface area contributed by atoms with Crippen LogP contribution in [0.3, 0.4) is 0 Å². The second-order valence-electron chi connectivity index (χ2n) is 13.4. The van der Waals surface area contributed by atoms with E-state index in [4.69, 9.17) is 4.74 Å². The van der Waals surface area contributed by atoms with E-state index in [0.29, 0.717) is 5.56 Å². The first-order valence-corrected chi connectivity index (χ1v) is 16.0. The van der Waals surface area contributed by atoms with Crippen LogP contribution < -0.4 is 0 Å². The molecular weight excluding hydrogens is 574 g/mol. The molecule has 5 rings (SSSR count).